The van der Waals surface area contributed by atoms with Crippen molar-refractivity contribution in [1.82, 2.24) is 48.7 Å². The van der Waals surface area contributed by atoms with Gasteiger partial charge < -0.3 is 34.1 Å². The number of rotatable bonds is 7. The fourth-order valence-corrected chi connectivity index (χ4v) is 11.4. The summed E-state index contributed by atoms with van der Waals surface area (Å²) in [5.41, 5.74) is 24.9. The third kappa shape index (κ3) is 11.4. The van der Waals surface area contributed by atoms with Crippen molar-refractivity contribution in [3.8, 4) is 0 Å². The maximum Gasteiger partial charge on any atom is 0.410 e. The number of fused-ring (bicyclic) bond motifs is 4. The first-order valence-electron chi connectivity index (χ1n) is 26.1. The average molecular weight is 1100 g/mol. The molecule has 2 unspecified atom stereocenters. The maximum atomic E-state index is 12.7. The Labute approximate surface area is 466 Å². The average Bonchev–Trinajstić information content (AvgIpc) is 4.09. The monoisotopic (exact) mass is 1090 g/mol. The van der Waals surface area contributed by atoms with Crippen molar-refractivity contribution in [3.05, 3.63) is 175 Å². The van der Waals surface area contributed by atoms with E-state index in [1.54, 1.807) is 34.8 Å². The van der Waals surface area contributed by atoms with Gasteiger partial charge in [-0.3, -0.25) is 19.8 Å². The molecule has 0 spiro atoms. The van der Waals surface area contributed by atoms with Crippen LogP contribution in [0.5, 0.6) is 0 Å². The summed E-state index contributed by atoms with van der Waals surface area (Å²) < 4.78 is 15.0. The van der Waals surface area contributed by atoms with Gasteiger partial charge in [0.05, 0.1) is 59.2 Å². The van der Waals surface area contributed by atoms with Gasteiger partial charge in [0.25, 0.3) is 0 Å². The molecule has 2 fully saturated rings. The number of carbonyl (C=O) groups excluding carboxylic acids is 2. The van der Waals surface area contributed by atoms with E-state index in [2.05, 4.69) is 54.1 Å². The predicted octanol–water partition coefficient (Wildman–Crippen LogP) is 11.0. The van der Waals surface area contributed by atoms with Crippen LogP contribution in [0.4, 0.5) is 9.59 Å². The van der Waals surface area contributed by atoms with Gasteiger partial charge in [0.2, 0.25) is 0 Å². The van der Waals surface area contributed by atoms with Gasteiger partial charge in [-0.1, -0.05) is 52.6 Å². The number of imidazole rings is 2. The number of nitrogens with two attached hydrogens (primary N) is 1. The number of carbonyl (C=O) groups is 2. The van der Waals surface area contributed by atoms with Gasteiger partial charge in [0.15, 0.2) is 0 Å². The molecule has 2 aliphatic carbocycles. The highest BCUT2D eigenvalue weighted by Gasteiger charge is 2.42. The highest BCUT2D eigenvalue weighted by molar-refractivity contribution is 6.31. The van der Waals surface area contributed by atoms with Crippen LogP contribution in [-0.2, 0) is 34.6 Å². The number of ether oxygens (including phenoxy) is 2. The first kappa shape index (κ1) is 55.7. The summed E-state index contributed by atoms with van der Waals surface area (Å²) in [5.74, 6) is 0. The van der Waals surface area contributed by atoms with Crippen LogP contribution in [0.2, 0.25) is 10.0 Å². The van der Waals surface area contributed by atoms with Gasteiger partial charge in [0, 0.05) is 100 Å². The van der Waals surface area contributed by atoms with Crippen molar-refractivity contribution < 1.29 is 19.1 Å². The molecule has 4 atom stereocenters. The minimum absolute atomic E-state index is 0.129. The van der Waals surface area contributed by atoms with E-state index >= 15 is 0 Å². The molecule has 18 nitrogen and oxygen atoms in total. The van der Waals surface area contributed by atoms with Crippen LogP contribution < -0.4 is 5.73 Å². The molecule has 2 aliphatic heterocycles. The Morgan fingerprint density at radius 3 is 1.47 bits per heavy atom. The van der Waals surface area contributed by atoms with Gasteiger partial charge in [0.1, 0.15) is 16.7 Å². The summed E-state index contributed by atoms with van der Waals surface area (Å²) in [7, 11) is 3.83. The van der Waals surface area contributed by atoms with E-state index in [0.717, 1.165) is 67.3 Å². The minimum atomic E-state index is -1.09. The quantitative estimate of drug-likeness (QED) is 0.0905. The Hall–Kier alpha value is -7.05. The summed E-state index contributed by atoms with van der Waals surface area (Å²) in [6, 6.07) is 19.5. The fourth-order valence-electron chi connectivity index (χ4n) is 11.0. The Morgan fingerprint density at radius 1 is 0.641 bits per heavy atom. The summed E-state index contributed by atoms with van der Waals surface area (Å²) in [6.07, 6.45) is 14.2. The van der Waals surface area contributed by atoms with Crippen LogP contribution >= 0.6 is 23.2 Å². The molecule has 20 heteroatoms. The Bertz CT molecular complexity index is 3330. The number of hydrogen-bond acceptors (Lipinski definition) is 12. The van der Waals surface area contributed by atoms with Gasteiger partial charge in [-0.25, -0.2) is 19.6 Å². The number of pyridine rings is 2. The lowest BCUT2D eigenvalue weighted by Gasteiger charge is -2.40. The van der Waals surface area contributed by atoms with E-state index in [4.69, 9.17) is 48.4 Å². The lowest BCUT2D eigenvalue weighted by Crippen LogP contribution is -2.51. The molecule has 10 rings (SSSR count). The standard InChI is InChI=1S/C29H33ClN8O2.C29H35ClN6O2/c1-28(2,3)40-27(39)38-13-11-37(12-14-38)26-21-9-8-20(30)16-22(21)23(15-19-7-6-10-33-25(19)26)29(4,34-35-31)24-17-32-18-36(24)5;1-28(2,3)38-27(37)36-13-11-35(12-14-36)26-21-9-8-20(30)16-22(21)23(15-19-7-6-10-33-25(19)26)29(4,31)24-17-32-18-34(24)5/h6-10,15-18,26H,11-14H2,1-5H3;6-10,15-18,26H,11-14,31H2,1-5H3/t2*26-,29?/m00/s1. The van der Waals surface area contributed by atoms with Crippen molar-refractivity contribution in [2.45, 2.75) is 89.8 Å². The molecule has 0 radical (unpaired) electrons. The highest BCUT2D eigenvalue weighted by atomic mass is 35.5. The number of azide groups is 1. The largest absolute Gasteiger partial charge is 0.444 e. The zero-order valence-electron chi connectivity index (χ0n) is 46.0. The van der Waals surface area contributed by atoms with Crippen molar-refractivity contribution >= 4 is 58.7 Å². The number of amides is 2. The van der Waals surface area contributed by atoms with E-state index < -0.39 is 22.3 Å². The third-order valence-corrected chi connectivity index (χ3v) is 15.2. The maximum absolute atomic E-state index is 12.7. The minimum Gasteiger partial charge on any atom is -0.444 e. The SMILES string of the molecule is Cn1cncc1C(C)(N)C1=Cc2cccnc2[C@@H](N2CCN(C(=O)OC(C)(C)C)CC2)c2ccc(Cl)cc21.Cn1cncc1C(C)(N=[N+]=[N-])C1=Cc2cccnc2[C@@H](N2CCN(C(=O)OC(C)(C)C)CC2)c2ccc(Cl)cc21. The molecule has 408 valence electrons. The molecule has 2 aromatic carbocycles. The normalized spacial score (nSPS) is 19.2. The smallest absolute Gasteiger partial charge is 0.410 e. The number of benzene rings is 2. The van der Waals surface area contributed by atoms with E-state index in [-0.39, 0.29) is 24.3 Å². The first-order valence-corrected chi connectivity index (χ1v) is 26.9. The van der Waals surface area contributed by atoms with E-state index in [1.807, 2.05) is 140 Å². The van der Waals surface area contributed by atoms with E-state index in [1.165, 1.54) is 0 Å². The van der Waals surface area contributed by atoms with Gasteiger partial charge >= 0.3 is 12.2 Å². The molecule has 2 N–H and O–H groups in total. The number of hydrogen-bond donors (Lipinski definition) is 1. The summed E-state index contributed by atoms with van der Waals surface area (Å²) in [4.78, 5) is 55.3. The Kier molecular flexibility index (Phi) is 15.7. The molecule has 0 saturated carbocycles. The topological polar surface area (TPSA) is 202 Å². The molecule has 2 saturated heterocycles. The number of aryl methyl sites for hydroxylation is 2. The van der Waals surface area contributed by atoms with Crippen molar-refractivity contribution in [1.29, 1.82) is 0 Å². The fraction of sp³-hybridized carbons (Fsp3) is 0.414. The van der Waals surface area contributed by atoms with Crippen LogP contribution in [0.25, 0.3) is 33.7 Å². The zero-order chi connectivity index (χ0) is 55.9. The van der Waals surface area contributed by atoms with Crippen LogP contribution in [0.3, 0.4) is 0 Å². The molecule has 4 aromatic heterocycles. The van der Waals surface area contributed by atoms with E-state index in [0.29, 0.717) is 62.4 Å². The molecular weight excluding hydrogens is 1030 g/mol. The number of nitrogens with zero attached hydrogens (tertiary/aromatic N) is 13. The molecule has 0 bridgehead atoms. The lowest BCUT2D eigenvalue weighted by molar-refractivity contribution is 0.0109. The highest BCUT2D eigenvalue weighted by Crippen LogP contribution is 2.49. The molecule has 6 aromatic rings. The molecule has 6 heterocycles. The zero-order valence-corrected chi connectivity index (χ0v) is 47.5. The van der Waals surface area contributed by atoms with Crippen molar-refractivity contribution in [3.63, 3.8) is 0 Å². The second kappa shape index (κ2) is 22.0. The van der Waals surface area contributed by atoms with Crippen molar-refractivity contribution in [2.75, 3.05) is 52.4 Å². The Morgan fingerprint density at radius 2 is 1.06 bits per heavy atom. The lowest BCUT2D eigenvalue weighted by atomic mass is 9.81. The molecule has 2 amide bonds. The van der Waals surface area contributed by atoms with Gasteiger partial charge in [-0.15, -0.1) is 0 Å². The Balaban J connectivity index is 0.000000190. The summed E-state index contributed by atoms with van der Waals surface area (Å²) in [5, 5.41) is 5.55. The molecule has 78 heavy (non-hydrogen) atoms. The summed E-state index contributed by atoms with van der Waals surface area (Å²) in [6.45, 7) is 20.0. The second-order valence-electron chi connectivity index (χ2n) is 22.6. The molecule has 4 aliphatic rings. The van der Waals surface area contributed by atoms with Gasteiger partial charge in [-0.05, 0) is 154 Å². The third-order valence-electron chi connectivity index (χ3n) is 14.7. The van der Waals surface area contributed by atoms with Crippen LogP contribution in [-0.4, -0.2) is 124 Å². The molecular formula is C58H68Cl2N14O4. The van der Waals surface area contributed by atoms with Crippen LogP contribution in [0.15, 0.2) is 103 Å². The second-order valence-corrected chi connectivity index (χ2v) is 23.5. The van der Waals surface area contributed by atoms with Crippen molar-refractivity contribution in [2.24, 2.45) is 24.9 Å². The summed E-state index contributed by atoms with van der Waals surface area (Å²) >= 11 is 13.2. The van der Waals surface area contributed by atoms with E-state index in [9.17, 15) is 15.1 Å². The number of piperazine rings is 2. The number of aromatic nitrogens is 6. The van der Waals surface area contributed by atoms with Crippen LogP contribution in [0.1, 0.15) is 124 Å². The van der Waals surface area contributed by atoms with Gasteiger partial charge in [-0.2, -0.15) is 0 Å². The number of halogens is 2. The van der Waals surface area contributed by atoms with Crippen LogP contribution in [0, 0.1) is 0 Å². The first-order chi connectivity index (χ1) is 37.0. The predicted molar refractivity (Wildman–Crippen MR) is 304 cm³/mol.